The number of aromatic nitrogens is 5. The van der Waals surface area contributed by atoms with Gasteiger partial charge in [-0.05, 0) is 12.5 Å². The molecule has 24 heavy (non-hydrogen) atoms. The van der Waals surface area contributed by atoms with Gasteiger partial charge in [0.2, 0.25) is 0 Å². The zero-order valence-corrected chi connectivity index (χ0v) is 13.6. The van der Waals surface area contributed by atoms with Crippen molar-refractivity contribution in [3.8, 4) is 0 Å². The molecule has 0 aliphatic rings. The maximum Gasteiger partial charge on any atom is 0.317 e. The summed E-state index contributed by atoms with van der Waals surface area (Å²) in [7, 11) is 0. The highest BCUT2D eigenvalue weighted by Crippen LogP contribution is 2.28. The number of nitrogens with zero attached hydrogens (tertiary/aromatic N) is 5. The molecule has 2 heterocycles. The predicted octanol–water partition coefficient (Wildman–Crippen LogP) is 2.36. The first-order valence-electron chi connectivity index (χ1n) is 7.27. The first-order chi connectivity index (χ1) is 11.6. The Morgan fingerprint density at radius 2 is 2.17 bits per heavy atom. The van der Waals surface area contributed by atoms with E-state index in [0.717, 1.165) is 11.8 Å². The van der Waals surface area contributed by atoms with Gasteiger partial charge < -0.3 is 5.11 Å². The Bertz CT molecular complexity index is 885. The third kappa shape index (κ3) is 3.21. The first-order valence-corrected chi connectivity index (χ1v) is 8.15. The molecule has 124 valence electrons. The highest BCUT2D eigenvalue weighted by molar-refractivity contribution is 8.00. The third-order valence-corrected chi connectivity index (χ3v) is 4.79. The Morgan fingerprint density at radius 1 is 1.38 bits per heavy atom. The van der Waals surface area contributed by atoms with Crippen LogP contribution in [0.2, 0.25) is 0 Å². The molecule has 1 unspecified atom stereocenters. The van der Waals surface area contributed by atoms with Crippen LogP contribution in [0.5, 0.6) is 0 Å². The molecule has 1 atom stereocenters. The number of benzene rings is 1. The lowest BCUT2D eigenvalue weighted by atomic mass is 10.2. The summed E-state index contributed by atoms with van der Waals surface area (Å²) in [5.41, 5.74) is 1.32. The van der Waals surface area contributed by atoms with E-state index in [1.54, 1.807) is 25.1 Å². The lowest BCUT2D eigenvalue weighted by Gasteiger charge is -2.08. The summed E-state index contributed by atoms with van der Waals surface area (Å²) in [4.78, 5) is 19.5. The van der Waals surface area contributed by atoms with Crippen LogP contribution in [0.3, 0.4) is 0 Å². The molecule has 0 aliphatic carbocycles. The average Bonchev–Trinajstić information content (AvgIpc) is 2.98. The Labute approximate surface area is 140 Å². The second-order valence-electron chi connectivity index (χ2n) is 5.04. The van der Waals surface area contributed by atoms with Crippen molar-refractivity contribution in [2.24, 2.45) is 0 Å². The van der Waals surface area contributed by atoms with Crippen molar-refractivity contribution < 1.29 is 14.3 Å². The maximum absolute atomic E-state index is 13.8. The number of rotatable bonds is 6. The van der Waals surface area contributed by atoms with Gasteiger partial charge in [-0.3, -0.25) is 4.79 Å². The van der Waals surface area contributed by atoms with Gasteiger partial charge in [-0.2, -0.15) is 0 Å². The lowest BCUT2D eigenvalue weighted by Crippen LogP contribution is -2.15. The van der Waals surface area contributed by atoms with Crippen molar-refractivity contribution >= 4 is 28.9 Å². The van der Waals surface area contributed by atoms with Gasteiger partial charge in [-0.25, -0.2) is 19.0 Å². The molecule has 0 radical (unpaired) electrons. The van der Waals surface area contributed by atoms with Gasteiger partial charge in [0.25, 0.3) is 0 Å². The molecule has 9 heteroatoms. The summed E-state index contributed by atoms with van der Waals surface area (Å²) >= 11 is 1.11. The number of fused-ring (bicyclic) bond motifs is 1. The summed E-state index contributed by atoms with van der Waals surface area (Å²) in [5.74, 6) is -1.24. The van der Waals surface area contributed by atoms with Crippen LogP contribution in [0.25, 0.3) is 11.2 Å². The number of carboxylic acids is 1. The SMILES string of the molecule is CCC(Sc1ncnc2c1nnn2Cc1ccccc1F)C(=O)O. The molecule has 3 rings (SSSR count). The van der Waals surface area contributed by atoms with Gasteiger partial charge in [0.1, 0.15) is 22.4 Å². The molecule has 0 saturated carbocycles. The van der Waals surface area contributed by atoms with Crippen LogP contribution in [-0.2, 0) is 11.3 Å². The van der Waals surface area contributed by atoms with Gasteiger partial charge in [-0.15, -0.1) is 5.10 Å². The van der Waals surface area contributed by atoms with E-state index in [2.05, 4.69) is 20.3 Å². The molecule has 0 amide bonds. The number of hydrogen-bond donors (Lipinski definition) is 1. The standard InChI is InChI=1S/C15H14FN5O2S/c1-2-11(15(22)23)24-14-12-13(17-8-18-14)21(20-19-12)7-9-5-3-4-6-10(9)16/h3-6,8,11H,2,7H2,1H3,(H,22,23). The van der Waals surface area contributed by atoms with Gasteiger partial charge in [-0.1, -0.05) is 42.1 Å². The van der Waals surface area contributed by atoms with E-state index < -0.39 is 11.2 Å². The quantitative estimate of drug-likeness (QED) is 0.540. The van der Waals surface area contributed by atoms with Crippen LogP contribution < -0.4 is 0 Å². The van der Waals surface area contributed by atoms with Gasteiger partial charge in [0.15, 0.2) is 11.2 Å². The van der Waals surface area contributed by atoms with Crippen molar-refractivity contribution in [1.29, 1.82) is 0 Å². The van der Waals surface area contributed by atoms with E-state index in [0.29, 0.717) is 28.2 Å². The summed E-state index contributed by atoms with van der Waals surface area (Å²) < 4.78 is 15.3. The predicted molar refractivity (Wildman–Crippen MR) is 86.2 cm³/mol. The van der Waals surface area contributed by atoms with Crippen LogP contribution in [0.1, 0.15) is 18.9 Å². The zero-order chi connectivity index (χ0) is 17.1. The number of carbonyl (C=O) groups is 1. The van der Waals surface area contributed by atoms with Crippen molar-refractivity contribution in [1.82, 2.24) is 25.0 Å². The van der Waals surface area contributed by atoms with E-state index in [4.69, 9.17) is 0 Å². The Hall–Kier alpha value is -2.55. The van der Waals surface area contributed by atoms with E-state index in [-0.39, 0.29) is 12.4 Å². The third-order valence-electron chi connectivity index (χ3n) is 3.44. The maximum atomic E-state index is 13.8. The minimum absolute atomic E-state index is 0.181. The molecular weight excluding hydrogens is 333 g/mol. The van der Waals surface area contributed by atoms with Crippen LogP contribution >= 0.6 is 11.8 Å². The molecule has 2 aromatic heterocycles. The Kier molecular flexibility index (Phi) is 4.70. The monoisotopic (exact) mass is 347 g/mol. The number of thioether (sulfide) groups is 1. The number of carboxylic acid groups (broad SMARTS) is 1. The largest absolute Gasteiger partial charge is 0.480 e. The van der Waals surface area contributed by atoms with E-state index in [1.807, 2.05) is 0 Å². The van der Waals surface area contributed by atoms with Crippen molar-refractivity contribution in [2.75, 3.05) is 0 Å². The second-order valence-corrected chi connectivity index (χ2v) is 6.23. The molecular formula is C15H14FN5O2S. The van der Waals surface area contributed by atoms with Crippen LogP contribution in [0.4, 0.5) is 4.39 Å². The molecule has 0 fully saturated rings. The minimum Gasteiger partial charge on any atom is -0.480 e. The van der Waals surface area contributed by atoms with Gasteiger partial charge in [0.05, 0.1) is 6.54 Å². The smallest absolute Gasteiger partial charge is 0.317 e. The highest BCUT2D eigenvalue weighted by Gasteiger charge is 2.21. The zero-order valence-electron chi connectivity index (χ0n) is 12.8. The van der Waals surface area contributed by atoms with Crippen LogP contribution in [0.15, 0.2) is 35.6 Å². The average molecular weight is 347 g/mol. The van der Waals surface area contributed by atoms with Gasteiger partial charge >= 0.3 is 5.97 Å². The Morgan fingerprint density at radius 3 is 2.88 bits per heavy atom. The normalized spacial score (nSPS) is 12.4. The van der Waals surface area contributed by atoms with E-state index in [9.17, 15) is 14.3 Å². The number of halogens is 1. The number of hydrogen-bond acceptors (Lipinski definition) is 6. The summed E-state index contributed by atoms with van der Waals surface area (Å²) in [6.07, 6.45) is 1.79. The van der Waals surface area contributed by atoms with Gasteiger partial charge in [0, 0.05) is 5.56 Å². The highest BCUT2D eigenvalue weighted by atomic mass is 32.2. The second kappa shape index (κ2) is 6.91. The summed E-state index contributed by atoms with van der Waals surface area (Å²) in [5, 5.41) is 17.1. The first kappa shape index (κ1) is 16.3. The fraction of sp³-hybridized carbons (Fsp3) is 0.267. The lowest BCUT2D eigenvalue weighted by molar-refractivity contribution is -0.136. The Balaban J connectivity index is 1.94. The van der Waals surface area contributed by atoms with E-state index >= 15 is 0 Å². The summed E-state index contributed by atoms with van der Waals surface area (Å²) in [6.45, 7) is 1.97. The topological polar surface area (TPSA) is 93.8 Å². The molecule has 0 aliphatic heterocycles. The minimum atomic E-state index is -0.909. The number of aliphatic carboxylic acids is 1. The fourth-order valence-corrected chi connectivity index (χ4v) is 3.08. The van der Waals surface area contributed by atoms with Crippen LogP contribution in [-0.4, -0.2) is 41.3 Å². The molecule has 1 N–H and O–H groups in total. The van der Waals surface area contributed by atoms with Crippen molar-refractivity contribution in [2.45, 2.75) is 30.2 Å². The molecule has 0 bridgehead atoms. The molecule has 1 aromatic carbocycles. The van der Waals surface area contributed by atoms with Crippen molar-refractivity contribution in [3.05, 3.63) is 42.0 Å². The molecule has 0 saturated heterocycles. The van der Waals surface area contributed by atoms with E-state index in [1.165, 1.54) is 17.1 Å². The summed E-state index contributed by atoms with van der Waals surface area (Å²) in [6, 6.07) is 6.40. The fourth-order valence-electron chi connectivity index (χ4n) is 2.20. The van der Waals surface area contributed by atoms with Crippen molar-refractivity contribution in [3.63, 3.8) is 0 Å². The molecule has 3 aromatic rings. The molecule has 0 spiro atoms. The molecule has 7 nitrogen and oxygen atoms in total. The van der Waals surface area contributed by atoms with Crippen LogP contribution in [0, 0.1) is 5.82 Å².